The molecule has 0 bridgehead atoms. The number of hydrogen-bond acceptors (Lipinski definition) is 4. The van der Waals surface area contributed by atoms with E-state index in [0.29, 0.717) is 11.7 Å². The van der Waals surface area contributed by atoms with Crippen molar-refractivity contribution < 1.29 is 4.74 Å². The summed E-state index contributed by atoms with van der Waals surface area (Å²) in [5.74, 6) is 0. The van der Waals surface area contributed by atoms with E-state index in [1.165, 1.54) is 0 Å². The predicted octanol–water partition coefficient (Wildman–Crippen LogP) is 2.02. The van der Waals surface area contributed by atoms with E-state index in [1.807, 2.05) is 24.3 Å². The van der Waals surface area contributed by atoms with E-state index in [0.717, 1.165) is 36.2 Å². The summed E-state index contributed by atoms with van der Waals surface area (Å²) in [4.78, 5) is 4.32. The first kappa shape index (κ1) is 10.4. The second-order valence-electron chi connectivity index (χ2n) is 4.31. The highest BCUT2D eigenvalue weighted by atomic mass is 16.5. The molecule has 1 aromatic heterocycles. The van der Waals surface area contributed by atoms with Gasteiger partial charge in [0, 0.05) is 23.9 Å². The standard InChI is InChI=1S/C13H15N3O/c14-11-3-4-12(16-9-5-7-17-8-9)10-2-1-6-15-13(10)11/h1-4,6,9,16H,5,7-8,14H2. The molecule has 3 rings (SSSR count). The van der Waals surface area contributed by atoms with Crippen molar-refractivity contribution in [1.82, 2.24) is 4.98 Å². The van der Waals surface area contributed by atoms with Crippen molar-refractivity contribution in [1.29, 1.82) is 0 Å². The van der Waals surface area contributed by atoms with Crippen LogP contribution in [0.5, 0.6) is 0 Å². The van der Waals surface area contributed by atoms with Gasteiger partial charge in [0.25, 0.3) is 0 Å². The highest BCUT2D eigenvalue weighted by Crippen LogP contribution is 2.27. The summed E-state index contributed by atoms with van der Waals surface area (Å²) in [6.07, 6.45) is 2.81. The molecule has 0 radical (unpaired) electrons. The summed E-state index contributed by atoms with van der Waals surface area (Å²) in [5.41, 5.74) is 8.57. The summed E-state index contributed by atoms with van der Waals surface area (Å²) >= 11 is 0. The fourth-order valence-corrected chi connectivity index (χ4v) is 2.19. The molecule has 1 aromatic carbocycles. The lowest BCUT2D eigenvalue weighted by Crippen LogP contribution is -2.19. The molecule has 1 unspecified atom stereocenters. The minimum absolute atomic E-state index is 0.391. The lowest BCUT2D eigenvalue weighted by molar-refractivity contribution is 0.195. The van der Waals surface area contributed by atoms with Crippen molar-refractivity contribution >= 4 is 22.3 Å². The second-order valence-corrected chi connectivity index (χ2v) is 4.31. The number of nitrogen functional groups attached to an aromatic ring is 1. The molecule has 88 valence electrons. The molecule has 1 atom stereocenters. The summed E-state index contributed by atoms with van der Waals surface area (Å²) < 4.78 is 5.36. The van der Waals surface area contributed by atoms with Gasteiger partial charge in [-0.25, -0.2) is 0 Å². The van der Waals surface area contributed by atoms with E-state index in [9.17, 15) is 0 Å². The van der Waals surface area contributed by atoms with Crippen molar-refractivity contribution in [3.63, 3.8) is 0 Å². The number of nitrogens with zero attached hydrogens (tertiary/aromatic N) is 1. The largest absolute Gasteiger partial charge is 0.397 e. The van der Waals surface area contributed by atoms with E-state index < -0.39 is 0 Å². The van der Waals surface area contributed by atoms with E-state index in [-0.39, 0.29) is 0 Å². The number of nitrogens with two attached hydrogens (primary N) is 1. The molecule has 1 saturated heterocycles. The Balaban J connectivity index is 2.01. The third kappa shape index (κ3) is 1.91. The monoisotopic (exact) mass is 229 g/mol. The van der Waals surface area contributed by atoms with E-state index >= 15 is 0 Å². The Morgan fingerprint density at radius 3 is 3.12 bits per heavy atom. The number of aromatic nitrogens is 1. The Hall–Kier alpha value is -1.81. The number of anilines is 2. The zero-order chi connectivity index (χ0) is 11.7. The van der Waals surface area contributed by atoms with Gasteiger partial charge in [-0.05, 0) is 30.7 Å². The minimum atomic E-state index is 0.391. The van der Waals surface area contributed by atoms with Gasteiger partial charge in [0.05, 0.1) is 23.9 Å². The molecular formula is C13H15N3O. The van der Waals surface area contributed by atoms with Gasteiger partial charge in [-0.15, -0.1) is 0 Å². The Kier molecular flexibility index (Phi) is 2.57. The summed E-state index contributed by atoms with van der Waals surface area (Å²) in [6.45, 7) is 1.61. The van der Waals surface area contributed by atoms with Crippen molar-refractivity contribution in [2.75, 3.05) is 24.3 Å². The Morgan fingerprint density at radius 2 is 2.29 bits per heavy atom. The number of pyridine rings is 1. The van der Waals surface area contributed by atoms with E-state index in [1.54, 1.807) is 6.20 Å². The number of nitrogens with one attached hydrogen (secondary N) is 1. The Labute approximate surface area is 99.8 Å². The zero-order valence-electron chi connectivity index (χ0n) is 9.52. The first-order chi connectivity index (χ1) is 8.34. The topological polar surface area (TPSA) is 60.2 Å². The van der Waals surface area contributed by atoms with Crippen LogP contribution in [-0.4, -0.2) is 24.2 Å². The maximum atomic E-state index is 5.92. The molecule has 3 N–H and O–H groups in total. The van der Waals surface area contributed by atoms with Crippen molar-refractivity contribution in [3.05, 3.63) is 30.5 Å². The molecule has 17 heavy (non-hydrogen) atoms. The molecule has 2 aromatic rings. The van der Waals surface area contributed by atoms with Crippen LogP contribution in [-0.2, 0) is 4.74 Å². The van der Waals surface area contributed by atoms with Crippen molar-refractivity contribution in [2.24, 2.45) is 0 Å². The molecular weight excluding hydrogens is 214 g/mol. The SMILES string of the molecule is Nc1ccc(NC2CCOC2)c2cccnc12. The fraction of sp³-hybridized carbons (Fsp3) is 0.308. The van der Waals surface area contributed by atoms with E-state index in [4.69, 9.17) is 10.5 Å². The molecule has 1 fully saturated rings. The molecule has 0 saturated carbocycles. The van der Waals surface area contributed by atoms with Gasteiger partial charge in [0.1, 0.15) is 0 Å². The first-order valence-corrected chi connectivity index (χ1v) is 5.82. The van der Waals surface area contributed by atoms with E-state index in [2.05, 4.69) is 10.3 Å². The van der Waals surface area contributed by atoms with Gasteiger partial charge in [-0.3, -0.25) is 4.98 Å². The zero-order valence-corrected chi connectivity index (χ0v) is 9.52. The maximum absolute atomic E-state index is 5.92. The van der Waals surface area contributed by atoms with Gasteiger partial charge in [0.2, 0.25) is 0 Å². The lowest BCUT2D eigenvalue weighted by atomic mass is 10.1. The van der Waals surface area contributed by atoms with Crippen LogP contribution >= 0.6 is 0 Å². The average molecular weight is 229 g/mol. The fourth-order valence-electron chi connectivity index (χ4n) is 2.19. The van der Waals surface area contributed by atoms with Gasteiger partial charge in [-0.1, -0.05) is 0 Å². The number of hydrogen-bond donors (Lipinski definition) is 2. The summed E-state index contributed by atoms with van der Waals surface area (Å²) in [5, 5.41) is 4.56. The second kappa shape index (κ2) is 4.22. The number of rotatable bonds is 2. The van der Waals surface area contributed by atoms with Gasteiger partial charge in [0.15, 0.2) is 0 Å². The molecule has 0 spiro atoms. The quantitative estimate of drug-likeness (QED) is 0.773. The summed E-state index contributed by atoms with van der Waals surface area (Å²) in [7, 11) is 0. The number of ether oxygens (including phenoxy) is 1. The number of fused-ring (bicyclic) bond motifs is 1. The molecule has 0 aliphatic carbocycles. The van der Waals surface area contributed by atoms with Gasteiger partial charge < -0.3 is 15.8 Å². The van der Waals surface area contributed by atoms with Crippen LogP contribution in [0.1, 0.15) is 6.42 Å². The highest BCUT2D eigenvalue weighted by Gasteiger charge is 2.16. The first-order valence-electron chi connectivity index (χ1n) is 5.82. The van der Waals surface area contributed by atoms with Crippen LogP contribution in [0.4, 0.5) is 11.4 Å². The van der Waals surface area contributed by atoms with Gasteiger partial charge in [-0.2, -0.15) is 0 Å². The van der Waals surface area contributed by atoms with Crippen LogP contribution in [0.15, 0.2) is 30.5 Å². The molecule has 1 aliphatic rings. The van der Waals surface area contributed by atoms with Crippen LogP contribution in [0, 0.1) is 0 Å². The van der Waals surface area contributed by atoms with Gasteiger partial charge >= 0.3 is 0 Å². The van der Waals surface area contributed by atoms with Crippen LogP contribution in [0.3, 0.4) is 0 Å². The molecule has 2 heterocycles. The third-order valence-corrected chi connectivity index (χ3v) is 3.09. The van der Waals surface area contributed by atoms with Crippen molar-refractivity contribution in [2.45, 2.75) is 12.5 Å². The summed E-state index contributed by atoms with van der Waals surface area (Å²) in [6, 6.07) is 8.27. The molecule has 4 nitrogen and oxygen atoms in total. The third-order valence-electron chi connectivity index (χ3n) is 3.09. The highest BCUT2D eigenvalue weighted by molar-refractivity contribution is 5.98. The Bertz CT molecular complexity index is 535. The Morgan fingerprint density at radius 1 is 1.35 bits per heavy atom. The normalized spacial score (nSPS) is 19.6. The van der Waals surface area contributed by atoms with Crippen LogP contribution in [0.25, 0.3) is 10.9 Å². The van der Waals surface area contributed by atoms with Crippen molar-refractivity contribution in [3.8, 4) is 0 Å². The average Bonchev–Trinajstić information content (AvgIpc) is 2.86. The number of benzene rings is 1. The predicted molar refractivity (Wildman–Crippen MR) is 69.0 cm³/mol. The lowest BCUT2D eigenvalue weighted by Gasteiger charge is -2.14. The van der Waals surface area contributed by atoms with Crippen LogP contribution in [0.2, 0.25) is 0 Å². The molecule has 1 aliphatic heterocycles. The molecule has 4 heteroatoms. The van der Waals surface area contributed by atoms with Crippen LogP contribution < -0.4 is 11.1 Å². The molecule has 0 amide bonds. The smallest absolute Gasteiger partial charge is 0.0951 e. The minimum Gasteiger partial charge on any atom is -0.397 e. The maximum Gasteiger partial charge on any atom is 0.0951 e.